The van der Waals surface area contributed by atoms with E-state index in [9.17, 15) is 4.39 Å². The zero-order valence-electron chi connectivity index (χ0n) is 11.6. The summed E-state index contributed by atoms with van der Waals surface area (Å²) in [6.45, 7) is 2.60. The van der Waals surface area contributed by atoms with Gasteiger partial charge in [0, 0.05) is 11.1 Å². The second-order valence-corrected chi connectivity index (χ2v) is 4.77. The number of hydrogen-bond donors (Lipinski definition) is 1. The lowest BCUT2D eigenvalue weighted by Crippen LogP contribution is -2.14. The lowest BCUT2D eigenvalue weighted by atomic mass is 10.1. The van der Waals surface area contributed by atoms with Crippen LogP contribution in [0.25, 0.3) is 0 Å². The first kappa shape index (κ1) is 15.3. The van der Waals surface area contributed by atoms with Crippen LogP contribution in [0.15, 0.2) is 42.5 Å². The van der Waals surface area contributed by atoms with Crippen molar-refractivity contribution in [3.05, 3.63) is 59.4 Å². The molecule has 110 valence electrons. The minimum absolute atomic E-state index is 0.161. The highest BCUT2D eigenvalue weighted by atomic mass is 32.1. The normalized spacial score (nSPS) is 10.2. The Morgan fingerprint density at radius 3 is 2.43 bits per heavy atom. The van der Waals surface area contributed by atoms with Crippen LogP contribution in [-0.2, 0) is 6.61 Å². The molecular weight excluding hydrogens is 289 g/mol. The van der Waals surface area contributed by atoms with Gasteiger partial charge in [-0.2, -0.15) is 0 Å². The van der Waals surface area contributed by atoms with E-state index >= 15 is 0 Å². The third-order valence-electron chi connectivity index (χ3n) is 2.86. The summed E-state index contributed by atoms with van der Waals surface area (Å²) in [6, 6.07) is 11.6. The molecule has 2 aromatic rings. The van der Waals surface area contributed by atoms with Crippen molar-refractivity contribution in [2.75, 3.05) is 6.61 Å². The molecular formula is C16H16FNO2S. The monoisotopic (exact) mass is 305 g/mol. The van der Waals surface area contributed by atoms with Gasteiger partial charge in [-0.15, -0.1) is 0 Å². The maximum atomic E-state index is 13.4. The van der Waals surface area contributed by atoms with Gasteiger partial charge in [0.25, 0.3) is 0 Å². The van der Waals surface area contributed by atoms with Crippen molar-refractivity contribution in [3.8, 4) is 11.5 Å². The maximum Gasteiger partial charge on any atom is 0.161 e. The molecule has 21 heavy (non-hydrogen) atoms. The molecule has 0 atom stereocenters. The van der Waals surface area contributed by atoms with Gasteiger partial charge in [-0.25, -0.2) is 4.39 Å². The van der Waals surface area contributed by atoms with Gasteiger partial charge in [0.2, 0.25) is 0 Å². The first-order chi connectivity index (χ1) is 10.1. The molecule has 0 fully saturated rings. The lowest BCUT2D eigenvalue weighted by Gasteiger charge is -2.13. The van der Waals surface area contributed by atoms with E-state index in [1.165, 1.54) is 12.1 Å². The van der Waals surface area contributed by atoms with Crippen molar-refractivity contribution in [3.63, 3.8) is 0 Å². The van der Waals surface area contributed by atoms with Gasteiger partial charge in [0.05, 0.1) is 6.61 Å². The molecule has 0 aliphatic carbocycles. The maximum absolute atomic E-state index is 13.4. The molecule has 0 spiro atoms. The zero-order chi connectivity index (χ0) is 15.2. The average Bonchev–Trinajstić information content (AvgIpc) is 2.46. The van der Waals surface area contributed by atoms with Crippen molar-refractivity contribution in [1.29, 1.82) is 0 Å². The first-order valence-electron chi connectivity index (χ1n) is 6.54. The number of ether oxygens (including phenoxy) is 2. The predicted octanol–water partition coefficient (Wildman–Crippen LogP) is 3.44. The van der Waals surface area contributed by atoms with Gasteiger partial charge in [-0.3, -0.25) is 0 Å². The second-order valence-electron chi connectivity index (χ2n) is 4.33. The molecule has 0 bridgehead atoms. The van der Waals surface area contributed by atoms with E-state index < -0.39 is 0 Å². The Kier molecular flexibility index (Phi) is 5.11. The highest BCUT2D eigenvalue weighted by Gasteiger charge is 2.09. The summed E-state index contributed by atoms with van der Waals surface area (Å²) in [5, 5.41) is 0. The van der Waals surface area contributed by atoms with Gasteiger partial charge < -0.3 is 15.2 Å². The third kappa shape index (κ3) is 3.92. The third-order valence-corrected chi connectivity index (χ3v) is 3.08. The summed E-state index contributed by atoms with van der Waals surface area (Å²) in [4.78, 5) is 0.215. The van der Waals surface area contributed by atoms with E-state index in [4.69, 9.17) is 27.4 Å². The lowest BCUT2D eigenvalue weighted by molar-refractivity contribution is 0.269. The molecule has 2 rings (SSSR count). The van der Waals surface area contributed by atoms with E-state index in [1.54, 1.807) is 12.1 Å². The largest absolute Gasteiger partial charge is 0.490 e. The highest BCUT2D eigenvalue weighted by Crippen LogP contribution is 2.27. The fourth-order valence-electron chi connectivity index (χ4n) is 1.92. The molecule has 0 saturated carbocycles. The molecule has 2 N–H and O–H groups in total. The Morgan fingerprint density at radius 1 is 1.14 bits per heavy atom. The van der Waals surface area contributed by atoms with Crippen LogP contribution in [0, 0.1) is 5.82 Å². The second kappa shape index (κ2) is 7.04. The number of rotatable bonds is 6. The molecule has 0 saturated heterocycles. The number of para-hydroxylation sites is 2. The van der Waals surface area contributed by atoms with Crippen molar-refractivity contribution in [2.45, 2.75) is 13.5 Å². The van der Waals surface area contributed by atoms with Crippen LogP contribution in [0.1, 0.15) is 18.1 Å². The fourth-order valence-corrected chi connectivity index (χ4v) is 2.12. The summed E-state index contributed by atoms with van der Waals surface area (Å²) in [5.41, 5.74) is 6.86. The van der Waals surface area contributed by atoms with Crippen LogP contribution >= 0.6 is 12.2 Å². The van der Waals surface area contributed by atoms with Crippen molar-refractivity contribution >= 4 is 17.2 Å². The molecule has 5 heteroatoms. The number of thiocarbonyl (C=S) groups is 1. The van der Waals surface area contributed by atoms with Crippen molar-refractivity contribution in [2.24, 2.45) is 5.73 Å². The smallest absolute Gasteiger partial charge is 0.161 e. The average molecular weight is 305 g/mol. The quantitative estimate of drug-likeness (QED) is 0.830. The molecule has 3 nitrogen and oxygen atoms in total. The van der Waals surface area contributed by atoms with Crippen LogP contribution in [0.4, 0.5) is 4.39 Å². The van der Waals surface area contributed by atoms with E-state index in [2.05, 4.69) is 0 Å². The SMILES string of the molecule is CCOc1ccccc1OCc1cc(F)ccc1C(N)=S. The Morgan fingerprint density at radius 2 is 1.81 bits per heavy atom. The summed E-state index contributed by atoms with van der Waals surface area (Å²) >= 11 is 4.97. The Bertz CT molecular complexity index is 646. The van der Waals surface area contributed by atoms with E-state index in [0.29, 0.717) is 29.2 Å². The van der Waals surface area contributed by atoms with Crippen molar-refractivity contribution in [1.82, 2.24) is 0 Å². The van der Waals surface area contributed by atoms with E-state index in [1.807, 2.05) is 25.1 Å². The summed E-state index contributed by atoms with van der Waals surface area (Å²) in [7, 11) is 0. The Labute approximate surface area is 128 Å². The van der Waals surface area contributed by atoms with Crippen LogP contribution in [-0.4, -0.2) is 11.6 Å². The first-order valence-corrected chi connectivity index (χ1v) is 6.95. The fraction of sp³-hybridized carbons (Fsp3) is 0.188. The van der Waals surface area contributed by atoms with Gasteiger partial charge in [-0.1, -0.05) is 24.4 Å². The number of halogens is 1. The van der Waals surface area contributed by atoms with Gasteiger partial charge in [0.15, 0.2) is 11.5 Å². The topological polar surface area (TPSA) is 44.5 Å². The van der Waals surface area contributed by atoms with Crippen molar-refractivity contribution < 1.29 is 13.9 Å². The molecule has 2 aromatic carbocycles. The van der Waals surface area contributed by atoms with Crippen LogP contribution in [0.5, 0.6) is 11.5 Å². The summed E-state index contributed by atoms with van der Waals surface area (Å²) in [5.74, 6) is 0.887. The predicted molar refractivity (Wildman–Crippen MR) is 84.2 cm³/mol. The molecule has 0 unspecified atom stereocenters. The molecule has 0 aliphatic rings. The van der Waals surface area contributed by atoms with Crippen LogP contribution in [0.3, 0.4) is 0 Å². The molecule has 0 radical (unpaired) electrons. The van der Waals surface area contributed by atoms with E-state index in [-0.39, 0.29) is 17.4 Å². The zero-order valence-corrected chi connectivity index (χ0v) is 12.5. The molecule has 0 heterocycles. The van der Waals surface area contributed by atoms with Gasteiger partial charge in [0.1, 0.15) is 17.4 Å². The Balaban J connectivity index is 2.20. The van der Waals surface area contributed by atoms with Gasteiger partial charge >= 0.3 is 0 Å². The standard InChI is InChI=1S/C16H16FNO2S/c1-2-19-14-5-3-4-6-15(14)20-10-11-9-12(17)7-8-13(11)16(18)21/h3-9H,2,10H2,1H3,(H2,18,21). The summed E-state index contributed by atoms with van der Waals surface area (Å²) in [6.07, 6.45) is 0. The molecule has 0 amide bonds. The van der Waals surface area contributed by atoms with Gasteiger partial charge in [-0.05, 0) is 37.3 Å². The number of benzene rings is 2. The Hall–Kier alpha value is -2.14. The highest BCUT2D eigenvalue weighted by molar-refractivity contribution is 7.80. The van der Waals surface area contributed by atoms with Crippen LogP contribution in [0.2, 0.25) is 0 Å². The minimum atomic E-state index is -0.355. The summed E-state index contributed by atoms with van der Waals surface area (Å²) < 4.78 is 24.6. The minimum Gasteiger partial charge on any atom is -0.490 e. The van der Waals surface area contributed by atoms with Crippen LogP contribution < -0.4 is 15.2 Å². The van der Waals surface area contributed by atoms with E-state index in [0.717, 1.165) is 0 Å². The number of nitrogens with two attached hydrogens (primary N) is 1. The molecule has 0 aromatic heterocycles. The molecule has 0 aliphatic heterocycles. The number of hydrogen-bond acceptors (Lipinski definition) is 3.